The number of carboxylic acids is 1. The molecule has 1 atom stereocenters. The Morgan fingerprint density at radius 2 is 1.63 bits per heavy atom. The number of halogens is 1. The van der Waals surface area contributed by atoms with Gasteiger partial charge in [-0.2, -0.15) is 0 Å². The molecule has 0 aromatic heterocycles. The van der Waals surface area contributed by atoms with Crippen molar-refractivity contribution in [1.29, 1.82) is 0 Å². The molecule has 1 unspecified atom stereocenters. The minimum absolute atomic E-state index is 0.0193. The van der Waals surface area contributed by atoms with E-state index < -0.39 is 18.1 Å². The Morgan fingerprint density at radius 1 is 0.971 bits per heavy atom. The molecule has 0 saturated carbocycles. The van der Waals surface area contributed by atoms with E-state index in [0.29, 0.717) is 5.69 Å². The fourth-order valence-corrected chi connectivity index (χ4v) is 5.23. The molecule has 0 fully saturated rings. The molecule has 35 heavy (non-hydrogen) atoms. The summed E-state index contributed by atoms with van der Waals surface area (Å²) in [5, 5.41) is 14.6. The smallest absolute Gasteiger partial charge is 0.407 e. The van der Waals surface area contributed by atoms with Crippen LogP contribution in [-0.4, -0.2) is 47.2 Å². The standard InChI is InChI=1S/C26H23BrN2O5S/c27-16-6-5-7-17(12-16)28-24(30)15-35-14-23(25(31)32)29-26(33)34-13-22-20-10-3-1-8-18(20)19-9-2-4-11-21(19)22/h1-12,22-23H,13-15H2,(H,28,30)(H,29,33)(H,31,32). The zero-order valence-electron chi connectivity index (χ0n) is 18.6. The number of rotatable bonds is 9. The highest BCUT2D eigenvalue weighted by Crippen LogP contribution is 2.44. The van der Waals surface area contributed by atoms with Gasteiger partial charge in [0.05, 0.1) is 5.75 Å². The average Bonchev–Trinajstić information content (AvgIpc) is 3.16. The van der Waals surface area contributed by atoms with Crippen LogP contribution in [0.5, 0.6) is 0 Å². The van der Waals surface area contributed by atoms with E-state index in [1.54, 1.807) is 18.2 Å². The number of benzene rings is 3. The molecule has 7 nitrogen and oxygen atoms in total. The average molecular weight is 555 g/mol. The summed E-state index contributed by atoms with van der Waals surface area (Å²) in [5.41, 5.74) is 5.00. The van der Waals surface area contributed by atoms with Gasteiger partial charge >= 0.3 is 12.1 Å². The highest BCUT2D eigenvalue weighted by molar-refractivity contribution is 9.10. The summed E-state index contributed by atoms with van der Waals surface area (Å²) in [7, 11) is 0. The number of carbonyl (C=O) groups excluding carboxylic acids is 2. The summed E-state index contributed by atoms with van der Waals surface area (Å²) >= 11 is 4.45. The van der Waals surface area contributed by atoms with E-state index in [9.17, 15) is 19.5 Å². The Kier molecular flexibility index (Phi) is 8.09. The van der Waals surface area contributed by atoms with Crippen LogP contribution in [0, 0.1) is 0 Å². The lowest BCUT2D eigenvalue weighted by Gasteiger charge is -2.17. The largest absolute Gasteiger partial charge is 0.480 e. The van der Waals surface area contributed by atoms with Crippen LogP contribution in [0.3, 0.4) is 0 Å². The highest BCUT2D eigenvalue weighted by atomic mass is 79.9. The van der Waals surface area contributed by atoms with E-state index in [0.717, 1.165) is 38.5 Å². The van der Waals surface area contributed by atoms with Gasteiger partial charge in [0.25, 0.3) is 0 Å². The zero-order chi connectivity index (χ0) is 24.8. The number of thioether (sulfide) groups is 1. The van der Waals surface area contributed by atoms with E-state index in [-0.39, 0.29) is 29.9 Å². The summed E-state index contributed by atoms with van der Waals surface area (Å²) in [6.07, 6.45) is -0.807. The summed E-state index contributed by atoms with van der Waals surface area (Å²) in [5.74, 6) is -1.52. The van der Waals surface area contributed by atoms with E-state index in [2.05, 4.69) is 26.6 Å². The molecule has 180 valence electrons. The van der Waals surface area contributed by atoms with Crippen LogP contribution in [0.4, 0.5) is 10.5 Å². The molecule has 3 aromatic carbocycles. The Balaban J connectivity index is 1.28. The van der Waals surface area contributed by atoms with Crippen LogP contribution >= 0.6 is 27.7 Å². The maximum Gasteiger partial charge on any atom is 0.407 e. The van der Waals surface area contributed by atoms with Crippen molar-refractivity contribution < 1.29 is 24.2 Å². The molecular weight excluding hydrogens is 532 g/mol. The van der Waals surface area contributed by atoms with Crippen molar-refractivity contribution >= 4 is 51.3 Å². The van der Waals surface area contributed by atoms with E-state index in [1.165, 1.54) is 0 Å². The third-order valence-corrected chi connectivity index (χ3v) is 7.09. The molecule has 3 N–H and O–H groups in total. The first kappa shape index (κ1) is 24.8. The number of nitrogens with one attached hydrogen (secondary N) is 2. The fourth-order valence-electron chi connectivity index (χ4n) is 3.99. The van der Waals surface area contributed by atoms with E-state index in [4.69, 9.17) is 4.74 Å². The van der Waals surface area contributed by atoms with Crippen LogP contribution in [-0.2, 0) is 14.3 Å². The molecule has 0 spiro atoms. The van der Waals surface area contributed by atoms with Gasteiger partial charge in [-0.05, 0) is 40.5 Å². The van der Waals surface area contributed by atoms with Gasteiger partial charge in [0, 0.05) is 21.8 Å². The van der Waals surface area contributed by atoms with Gasteiger partial charge in [-0.1, -0.05) is 70.5 Å². The summed E-state index contributed by atoms with van der Waals surface area (Å²) < 4.78 is 6.27. The molecule has 0 heterocycles. The van der Waals surface area contributed by atoms with Crippen molar-refractivity contribution in [2.75, 3.05) is 23.4 Å². The highest BCUT2D eigenvalue weighted by Gasteiger charge is 2.29. The third-order valence-electron chi connectivity index (χ3n) is 5.56. The second kappa shape index (κ2) is 11.4. The van der Waals surface area contributed by atoms with Crippen molar-refractivity contribution in [1.82, 2.24) is 5.32 Å². The molecule has 1 aliphatic carbocycles. The molecule has 0 aliphatic heterocycles. The van der Waals surface area contributed by atoms with Crippen molar-refractivity contribution in [3.8, 4) is 11.1 Å². The van der Waals surface area contributed by atoms with E-state index >= 15 is 0 Å². The lowest BCUT2D eigenvalue weighted by molar-refractivity contribution is -0.138. The maximum atomic E-state index is 12.4. The minimum atomic E-state index is -1.20. The lowest BCUT2D eigenvalue weighted by atomic mass is 9.98. The van der Waals surface area contributed by atoms with Crippen molar-refractivity contribution in [3.05, 3.63) is 88.4 Å². The number of carbonyl (C=O) groups is 3. The number of alkyl carbamates (subject to hydrolysis) is 1. The zero-order valence-corrected chi connectivity index (χ0v) is 21.0. The van der Waals surface area contributed by atoms with Crippen molar-refractivity contribution in [3.63, 3.8) is 0 Å². The van der Waals surface area contributed by atoms with Gasteiger partial charge in [-0.3, -0.25) is 4.79 Å². The lowest BCUT2D eigenvalue weighted by Crippen LogP contribution is -2.43. The van der Waals surface area contributed by atoms with Crippen molar-refractivity contribution in [2.24, 2.45) is 0 Å². The number of hydrogen-bond acceptors (Lipinski definition) is 5. The fraction of sp³-hybridized carbons (Fsp3) is 0.192. The predicted octanol–water partition coefficient (Wildman–Crippen LogP) is 5.11. The summed E-state index contributed by atoms with van der Waals surface area (Å²) in [6.45, 7) is 0.0916. The van der Waals surface area contributed by atoms with Crippen molar-refractivity contribution in [2.45, 2.75) is 12.0 Å². The quantitative estimate of drug-likeness (QED) is 0.339. The van der Waals surface area contributed by atoms with Gasteiger partial charge in [-0.25, -0.2) is 9.59 Å². The van der Waals surface area contributed by atoms with Gasteiger partial charge in [0.1, 0.15) is 12.6 Å². The second-order valence-corrected chi connectivity index (χ2v) is 9.88. The molecule has 0 radical (unpaired) electrons. The van der Waals surface area contributed by atoms with Gasteiger partial charge < -0.3 is 20.5 Å². The third kappa shape index (κ3) is 6.23. The molecule has 1 aliphatic rings. The normalized spacial score (nSPS) is 12.8. The number of aliphatic carboxylic acids is 1. The Morgan fingerprint density at radius 3 is 2.26 bits per heavy atom. The number of hydrogen-bond donors (Lipinski definition) is 3. The molecular formula is C26H23BrN2O5S. The number of fused-ring (bicyclic) bond motifs is 3. The number of amides is 2. The van der Waals surface area contributed by atoms with Gasteiger partial charge in [0.15, 0.2) is 0 Å². The first-order chi connectivity index (χ1) is 16.9. The van der Waals surface area contributed by atoms with Gasteiger partial charge in [0.2, 0.25) is 5.91 Å². The van der Waals surface area contributed by atoms with Crippen LogP contribution in [0.25, 0.3) is 11.1 Å². The topological polar surface area (TPSA) is 105 Å². The molecule has 2 amide bonds. The number of ether oxygens (including phenoxy) is 1. The van der Waals surface area contributed by atoms with Crippen LogP contribution in [0.2, 0.25) is 0 Å². The summed E-state index contributed by atoms with van der Waals surface area (Å²) in [4.78, 5) is 36.2. The van der Waals surface area contributed by atoms with Crippen LogP contribution < -0.4 is 10.6 Å². The second-order valence-electron chi connectivity index (χ2n) is 7.93. The molecule has 4 rings (SSSR count). The van der Waals surface area contributed by atoms with Crippen LogP contribution in [0.1, 0.15) is 17.0 Å². The molecule has 0 saturated heterocycles. The molecule has 3 aromatic rings. The van der Waals surface area contributed by atoms with E-state index in [1.807, 2.05) is 54.6 Å². The Hall–Kier alpha value is -3.30. The number of carboxylic acid groups (broad SMARTS) is 1. The molecule has 9 heteroatoms. The minimum Gasteiger partial charge on any atom is -0.480 e. The first-order valence-electron chi connectivity index (χ1n) is 10.9. The molecule has 0 bridgehead atoms. The Labute approximate surface area is 215 Å². The van der Waals surface area contributed by atoms with Crippen LogP contribution in [0.15, 0.2) is 77.3 Å². The van der Waals surface area contributed by atoms with Gasteiger partial charge in [-0.15, -0.1) is 11.8 Å². The summed E-state index contributed by atoms with van der Waals surface area (Å²) in [6, 6.07) is 21.9. The maximum absolute atomic E-state index is 12.4. The number of anilines is 1. The predicted molar refractivity (Wildman–Crippen MR) is 140 cm³/mol. The first-order valence-corrected chi connectivity index (χ1v) is 12.8. The monoisotopic (exact) mass is 554 g/mol. The Bertz CT molecular complexity index is 1210. The SMILES string of the molecule is O=C(CSCC(NC(=O)OCC1c2ccccc2-c2ccccc21)C(=O)O)Nc1cccc(Br)c1.